The molecule has 1 saturated heterocycles. The van der Waals surface area contributed by atoms with Gasteiger partial charge < -0.3 is 28.8 Å². The molecule has 11 nitrogen and oxygen atoms in total. The molecule has 2 aromatic carbocycles. The van der Waals surface area contributed by atoms with E-state index in [4.69, 9.17) is 18.6 Å². The number of methoxy groups -OCH3 is 2. The Hall–Kier alpha value is -4.23. The van der Waals surface area contributed by atoms with Crippen molar-refractivity contribution in [2.75, 3.05) is 51.2 Å². The summed E-state index contributed by atoms with van der Waals surface area (Å²) in [5, 5.41) is 3.04. The molecule has 1 aliphatic rings. The van der Waals surface area contributed by atoms with Crippen LogP contribution in [-0.2, 0) is 9.84 Å². The van der Waals surface area contributed by atoms with E-state index in [1.165, 1.54) is 12.3 Å². The zero-order valence-corrected chi connectivity index (χ0v) is 25.3. The van der Waals surface area contributed by atoms with Crippen LogP contribution < -0.4 is 19.5 Å². The number of hydrogen-bond acceptors (Lipinski definition) is 11. The Bertz CT molecular complexity index is 1670. The molecule has 43 heavy (non-hydrogen) atoms. The van der Waals surface area contributed by atoms with Gasteiger partial charge in [0.25, 0.3) is 0 Å². The molecule has 3 heterocycles. The molecule has 2 aromatic heterocycles. The van der Waals surface area contributed by atoms with Crippen molar-refractivity contribution in [3.63, 3.8) is 0 Å². The van der Waals surface area contributed by atoms with Gasteiger partial charge in [0.15, 0.2) is 23.2 Å². The van der Waals surface area contributed by atoms with Crippen molar-refractivity contribution in [1.82, 2.24) is 19.9 Å². The van der Waals surface area contributed by atoms with E-state index in [1.54, 1.807) is 51.6 Å². The van der Waals surface area contributed by atoms with Gasteiger partial charge in [-0.3, -0.25) is 0 Å². The molecule has 228 valence electrons. The van der Waals surface area contributed by atoms with Crippen LogP contribution >= 0.6 is 0 Å². The monoisotopic (exact) mass is 611 g/mol. The molecule has 0 saturated carbocycles. The van der Waals surface area contributed by atoms with E-state index in [9.17, 15) is 8.42 Å². The fourth-order valence-corrected chi connectivity index (χ4v) is 5.40. The lowest BCUT2D eigenvalue weighted by atomic mass is 10.1. The molecule has 0 atom stereocenters. The Kier molecular flexibility index (Phi) is 9.11. The van der Waals surface area contributed by atoms with Gasteiger partial charge in [-0.15, -0.1) is 0 Å². The fourth-order valence-electron chi connectivity index (χ4n) is 4.81. The second kappa shape index (κ2) is 13.0. The van der Waals surface area contributed by atoms with Gasteiger partial charge in [0.2, 0.25) is 5.95 Å². The highest BCUT2D eigenvalue weighted by Crippen LogP contribution is 2.36. The number of nitrogens with zero attached hydrogens (tertiary/aromatic N) is 4. The first-order valence-electron chi connectivity index (χ1n) is 13.8. The average molecular weight is 612 g/mol. The molecule has 0 spiro atoms. The number of nitrogens with one attached hydrogen (secondary N) is 1. The van der Waals surface area contributed by atoms with Crippen molar-refractivity contribution in [3.05, 3.63) is 60.4 Å². The molecule has 1 aliphatic heterocycles. The van der Waals surface area contributed by atoms with E-state index in [-0.39, 0.29) is 23.6 Å². The summed E-state index contributed by atoms with van der Waals surface area (Å²) in [4.78, 5) is 15.5. The summed E-state index contributed by atoms with van der Waals surface area (Å²) in [6.45, 7) is 3.65. The lowest BCUT2D eigenvalue weighted by molar-refractivity contribution is 0.100. The highest BCUT2D eigenvalue weighted by Gasteiger charge is 2.23. The van der Waals surface area contributed by atoms with Gasteiger partial charge in [-0.1, -0.05) is 0 Å². The number of ether oxygens (including phenoxy) is 3. The number of halogens is 1. The van der Waals surface area contributed by atoms with Crippen molar-refractivity contribution >= 4 is 21.5 Å². The maximum Gasteiger partial charge on any atom is 0.227 e. The van der Waals surface area contributed by atoms with Crippen molar-refractivity contribution < 1.29 is 31.4 Å². The number of anilines is 2. The predicted molar refractivity (Wildman–Crippen MR) is 160 cm³/mol. The molecule has 1 N–H and O–H groups in total. The maximum absolute atomic E-state index is 15.0. The second-order valence-corrected chi connectivity index (χ2v) is 12.6. The zero-order valence-electron chi connectivity index (χ0n) is 24.5. The fraction of sp³-hybridized carbons (Fsp3) is 0.367. The summed E-state index contributed by atoms with van der Waals surface area (Å²) >= 11 is 0. The van der Waals surface area contributed by atoms with Crippen LogP contribution in [0.5, 0.6) is 17.2 Å². The highest BCUT2D eigenvalue weighted by molar-refractivity contribution is 7.90. The predicted octanol–water partition coefficient (Wildman–Crippen LogP) is 4.89. The number of aromatic nitrogens is 3. The number of piperidine rings is 1. The second-order valence-electron chi connectivity index (χ2n) is 10.3. The van der Waals surface area contributed by atoms with E-state index in [1.807, 2.05) is 12.1 Å². The van der Waals surface area contributed by atoms with Crippen LogP contribution in [0, 0.1) is 12.7 Å². The minimum atomic E-state index is -3.01. The number of likely N-dealkylation sites (tertiary alicyclic amines) is 1. The summed E-state index contributed by atoms with van der Waals surface area (Å²) < 4.78 is 60.6. The van der Waals surface area contributed by atoms with Gasteiger partial charge in [0.1, 0.15) is 38.8 Å². The van der Waals surface area contributed by atoms with E-state index in [0.717, 1.165) is 5.56 Å². The Labute approximate surface area is 250 Å². The molecule has 0 amide bonds. The average Bonchev–Trinajstić information content (AvgIpc) is 3.39. The largest absolute Gasteiger partial charge is 0.497 e. The first-order valence-corrected chi connectivity index (χ1v) is 15.8. The van der Waals surface area contributed by atoms with E-state index >= 15 is 4.39 Å². The van der Waals surface area contributed by atoms with Crippen LogP contribution in [0.3, 0.4) is 0 Å². The number of hydrogen-bond donors (Lipinski definition) is 1. The van der Waals surface area contributed by atoms with Gasteiger partial charge in [0.05, 0.1) is 20.0 Å². The normalized spacial score (nSPS) is 14.4. The SMILES string of the molecule is COc1cc(OC)cc(-c2nc(C)oc2-c2ccnc(Nc3ccc(OC4CCN(CCS(C)(=O)=O)CC4)c(F)c3)n2)c1. The van der Waals surface area contributed by atoms with Crippen LogP contribution in [0.2, 0.25) is 0 Å². The summed E-state index contributed by atoms with van der Waals surface area (Å²) in [6.07, 6.45) is 4.05. The molecule has 13 heteroatoms. The van der Waals surface area contributed by atoms with Gasteiger partial charge in [0, 0.05) is 62.4 Å². The first-order chi connectivity index (χ1) is 20.6. The van der Waals surface area contributed by atoms with Gasteiger partial charge >= 0.3 is 0 Å². The first kappa shape index (κ1) is 30.2. The molecule has 0 bridgehead atoms. The number of benzene rings is 2. The number of aryl methyl sites for hydroxylation is 1. The van der Waals surface area contributed by atoms with Crippen LogP contribution in [0.25, 0.3) is 22.7 Å². The maximum atomic E-state index is 15.0. The molecular formula is C30H34FN5O6S. The summed E-state index contributed by atoms with van der Waals surface area (Å²) in [5.41, 5.74) is 2.23. The Balaban J connectivity index is 1.27. The van der Waals surface area contributed by atoms with E-state index < -0.39 is 15.7 Å². The minimum absolute atomic E-state index is 0.130. The molecular weight excluding hydrogens is 577 g/mol. The Morgan fingerprint density at radius 1 is 1.05 bits per heavy atom. The van der Waals surface area contributed by atoms with E-state index in [0.29, 0.717) is 72.7 Å². The molecule has 1 fully saturated rings. The Morgan fingerprint density at radius 3 is 2.42 bits per heavy atom. The third kappa shape index (κ3) is 7.79. The van der Waals surface area contributed by atoms with E-state index in [2.05, 4.69) is 25.2 Å². The van der Waals surface area contributed by atoms with Crippen LogP contribution in [0.15, 0.2) is 53.1 Å². The zero-order chi connectivity index (χ0) is 30.6. The molecule has 0 unspecified atom stereocenters. The molecule has 0 aliphatic carbocycles. The molecule has 4 aromatic rings. The van der Waals surface area contributed by atoms with Crippen LogP contribution in [0.4, 0.5) is 16.0 Å². The Morgan fingerprint density at radius 2 is 1.77 bits per heavy atom. The van der Waals surface area contributed by atoms with Crippen molar-refractivity contribution in [3.8, 4) is 40.0 Å². The molecule has 0 radical (unpaired) electrons. The van der Waals surface area contributed by atoms with Crippen LogP contribution in [-0.4, -0.2) is 80.2 Å². The quantitative estimate of drug-likeness (QED) is 0.249. The third-order valence-electron chi connectivity index (χ3n) is 7.04. The van der Waals surface area contributed by atoms with Gasteiger partial charge in [-0.2, -0.15) is 0 Å². The third-order valence-corrected chi connectivity index (χ3v) is 7.97. The number of sulfone groups is 1. The summed E-state index contributed by atoms with van der Waals surface area (Å²) in [5.74, 6) is 2.13. The van der Waals surface area contributed by atoms with Gasteiger partial charge in [-0.05, 0) is 43.2 Å². The number of rotatable bonds is 11. The van der Waals surface area contributed by atoms with Crippen molar-refractivity contribution in [2.45, 2.75) is 25.9 Å². The minimum Gasteiger partial charge on any atom is -0.497 e. The van der Waals surface area contributed by atoms with Crippen LogP contribution in [0.1, 0.15) is 18.7 Å². The summed E-state index contributed by atoms with van der Waals surface area (Å²) in [6, 6.07) is 11.7. The van der Waals surface area contributed by atoms with Crippen molar-refractivity contribution in [1.29, 1.82) is 0 Å². The smallest absolute Gasteiger partial charge is 0.227 e. The highest BCUT2D eigenvalue weighted by atomic mass is 32.2. The topological polar surface area (TPSA) is 129 Å². The van der Waals surface area contributed by atoms with Gasteiger partial charge in [-0.25, -0.2) is 27.8 Å². The number of oxazole rings is 1. The standard InChI is InChI=1S/C30H34FN5O6S/c1-19-33-28(20-15-23(39-2)18-24(16-20)40-3)29(41-19)26-7-10-32-30(35-26)34-21-5-6-27(25(31)17-21)42-22-8-11-36(12-9-22)13-14-43(4,37)38/h5-7,10,15-18,22H,8-9,11-14H2,1-4H3,(H,32,34,35). The lowest BCUT2D eigenvalue weighted by Gasteiger charge is -2.32. The molecule has 5 rings (SSSR count). The summed E-state index contributed by atoms with van der Waals surface area (Å²) in [7, 11) is 0.147. The lowest BCUT2D eigenvalue weighted by Crippen LogP contribution is -2.40. The van der Waals surface area contributed by atoms with Crippen molar-refractivity contribution in [2.24, 2.45) is 0 Å².